The van der Waals surface area contributed by atoms with Gasteiger partial charge in [-0.3, -0.25) is 4.79 Å². The van der Waals surface area contributed by atoms with Gasteiger partial charge in [-0.2, -0.15) is 0 Å². The molecule has 0 spiro atoms. The minimum atomic E-state index is -0.200. The van der Waals surface area contributed by atoms with Gasteiger partial charge in [0.05, 0.1) is 0 Å². The monoisotopic (exact) mass is 270 g/mol. The fraction of sp³-hybridized carbons (Fsp3) is 0.267. The van der Waals surface area contributed by atoms with Gasteiger partial charge < -0.3 is 10.6 Å². The highest BCUT2D eigenvalue weighted by atomic mass is 16.1. The Morgan fingerprint density at radius 2 is 1.95 bits per heavy atom. The van der Waals surface area contributed by atoms with E-state index in [0.717, 1.165) is 6.42 Å². The summed E-state index contributed by atoms with van der Waals surface area (Å²) in [7, 11) is 1.76. The second-order valence-corrected chi connectivity index (χ2v) is 4.49. The summed E-state index contributed by atoms with van der Waals surface area (Å²) in [5.41, 5.74) is 2.80. The Morgan fingerprint density at radius 1 is 1.15 bits per heavy atom. The van der Waals surface area contributed by atoms with Crippen molar-refractivity contribution in [2.24, 2.45) is 0 Å². The van der Waals surface area contributed by atoms with Crippen LogP contribution in [0, 0.1) is 6.92 Å². The largest absolute Gasteiger partial charge is 0.372 e. The average Bonchev–Trinajstić information content (AvgIpc) is 2.49. The van der Waals surface area contributed by atoms with Crippen molar-refractivity contribution in [3.63, 3.8) is 0 Å². The van der Waals surface area contributed by atoms with Gasteiger partial charge in [0, 0.05) is 13.6 Å². The Bertz CT molecular complexity index is 581. The first-order chi connectivity index (χ1) is 9.70. The number of nitrogens with one attached hydrogen (secondary N) is 2. The molecule has 0 saturated heterocycles. The molecule has 0 saturated carbocycles. The van der Waals surface area contributed by atoms with E-state index in [1.807, 2.05) is 12.1 Å². The number of rotatable bonds is 5. The maximum absolute atomic E-state index is 11.9. The second kappa shape index (κ2) is 6.65. The van der Waals surface area contributed by atoms with Crippen LogP contribution in [0.15, 0.2) is 36.4 Å². The number of aromatic nitrogens is 2. The molecule has 0 aliphatic rings. The molecule has 0 aliphatic heterocycles. The Hall–Kier alpha value is -2.43. The predicted molar refractivity (Wildman–Crippen MR) is 78.8 cm³/mol. The molecule has 0 fully saturated rings. The van der Waals surface area contributed by atoms with Gasteiger partial charge in [0.25, 0.3) is 5.91 Å². The summed E-state index contributed by atoms with van der Waals surface area (Å²) in [6, 6.07) is 11.5. The molecular formula is C15H18N4O. The van der Waals surface area contributed by atoms with Gasteiger partial charge in [0.2, 0.25) is 0 Å². The van der Waals surface area contributed by atoms with Crippen molar-refractivity contribution in [1.82, 2.24) is 15.5 Å². The number of amides is 1. The van der Waals surface area contributed by atoms with E-state index < -0.39 is 0 Å². The minimum absolute atomic E-state index is 0.200. The first-order valence-electron chi connectivity index (χ1n) is 6.55. The van der Waals surface area contributed by atoms with Gasteiger partial charge in [-0.05, 0) is 36.6 Å². The molecule has 0 radical (unpaired) electrons. The maximum Gasteiger partial charge on any atom is 0.271 e. The Kier molecular flexibility index (Phi) is 4.65. The molecule has 1 aromatic carbocycles. The molecule has 0 unspecified atom stereocenters. The summed E-state index contributed by atoms with van der Waals surface area (Å²) < 4.78 is 0. The molecule has 1 amide bonds. The highest BCUT2D eigenvalue weighted by Crippen LogP contribution is 2.07. The van der Waals surface area contributed by atoms with Crippen molar-refractivity contribution in [2.45, 2.75) is 13.3 Å². The van der Waals surface area contributed by atoms with Crippen LogP contribution in [0.1, 0.15) is 21.6 Å². The molecule has 5 nitrogen and oxygen atoms in total. The smallest absolute Gasteiger partial charge is 0.271 e. The number of aryl methyl sites for hydroxylation is 1. The second-order valence-electron chi connectivity index (χ2n) is 4.49. The summed E-state index contributed by atoms with van der Waals surface area (Å²) in [5, 5.41) is 13.5. The number of carbonyl (C=O) groups is 1. The summed E-state index contributed by atoms with van der Waals surface area (Å²) in [6.07, 6.45) is 0.806. The quantitative estimate of drug-likeness (QED) is 0.869. The number of hydrogen-bond donors (Lipinski definition) is 2. The zero-order valence-electron chi connectivity index (χ0n) is 11.7. The first-order valence-corrected chi connectivity index (χ1v) is 6.55. The van der Waals surface area contributed by atoms with Gasteiger partial charge in [0.1, 0.15) is 5.82 Å². The molecular weight excluding hydrogens is 252 g/mol. The standard InChI is InChI=1S/C15H18N4O/c1-11-5-3-4-6-12(11)9-10-17-15(20)13-7-8-14(16-2)19-18-13/h3-8H,9-10H2,1-2H3,(H,16,19)(H,17,20). The van der Waals surface area contributed by atoms with Crippen molar-refractivity contribution in [3.05, 3.63) is 53.2 Å². The third-order valence-electron chi connectivity index (χ3n) is 3.09. The van der Waals surface area contributed by atoms with E-state index in [4.69, 9.17) is 0 Å². The number of nitrogens with zero attached hydrogens (tertiary/aromatic N) is 2. The van der Waals surface area contributed by atoms with Crippen LogP contribution in [-0.2, 0) is 6.42 Å². The fourth-order valence-electron chi connectivity index (χ4n) is 1.88. The lowest BCUT2D eigenvalue weighted by molar-refractivity contribution is 0.0948. The van der Waals surface area contributed by atoms with E-state index >= 15 is 0 Å². The lowest BCUT2D eigenvalue weighted by atomic mass is 10.1. The van der Waals surface area contributed by atoms with Crippen LogP contribution < -0.4 is 10.6 Å². The molecule has 2 N–H and O–H groups in total. The average molecular weight is 270 g/mol. The molecule has 2 rings (SSSR count). The maximum atomic E-state index is 11.9. The SMILES string of the molecule is CNc1ccc(C(=O)NCCc2ccccc2C)nn1. The molecule has 20 heavy (non-hydrogen) atoms. The van der Waals surface area contributed by atoms with E-state index in [9.17, 15) is 4.79 Å². The number of benzene rings is 1. The summed E-state index contributed by atoms with van der Waals surface area (Å²) in [6.45, 7) is 2.65. The lowest BCUT2D eigenvalue weighted by Crippen LogP contribution is -2.27. The van der Waals surface area contributed by atoms with Crippen molar-refractivity contribution < 1.29 is 4.79 Å². The molecule has 2 aromatic rings. The highest BCUT2D eigenvalue weighted by molar-refractivity contribution is 5.92. The van der Waals surface area contributed by atoms with Crippen LogP contribution in [0.5, 0.6) is 0 Å². The highest BCUT2D eigenvalue weighted by Gasteiger charge is 2.07. The Labute approximate surface area is 118 Å². The summed E-state index contributed by atoms with van der Waals surface area (Å²) >= 11 is 0. The molecule has 1 aromatic heterocycles. The normalized spacial score (nSPS) is 10.1. The van der Waals surface area contributed by atoms with Gasteiger partial charge in [-0.25, -0.2) is 0 Å². The van der Waals surface area contributed by atoms with E-state index in [-0.39, 0.29) is 5.91 Å². The molecule has 1 heterocycles. The zero-order chi connectivity index (χ0) is 14.4. The Balaban J connectivity index is 1.87. The van der Waals surface area contributed by atoms with Crippen LogP contribution in [0.25, 0.3) is 0 Å². The van der Waals surface area contributed by atoms with Crippen molar-refractivity contribution >= 4 is 11.7 Å². The molecule has 0 atom stereocenters. The zero-order valence-corrected chi connectivity index (χ0v) is 11.7. The number of carbonyl (C=O) groups excluding carboxylic acids is 1. The van der Waals surface area contributed by atoms with Crippen LogP contribution in [0.2, 0.25) is 0 Å². The number of anilines is 1. The van der Waals surface area contributed by atoms with Crippen LogP contribution in [-0.4, -0.2) is 29.7 Å². The van der Waals surface area contributed by atoms with E-state index in [0.29, 0.717) is 18.1 Å². The Morgan fingerprint density at radius 3 is 2.60 bits per heavy atom. The summed E-state index contributed by atoms with van der Waals surface area (Å²) in [4.78, 5) is 11.9. The molecule has 0 aliphatic carbocycles. The predicted octanol–water partition coefficient (Wildman–Crippen LogP) is 1.80. The van der Waals surface area contributed by atoms with Gasteiger partial charge in [0.15, 0.2) is 5.69 Å². The third-order valence-corrected chi connectivity index (χ3v) is 3.09. The van der Waals surface area contributed by atoms with Gasteiger partial charge >= 0.3 is 0 Å². The fourth-order valence-corrected chi connectivity index (χ4v) is 1.88. The van der Waals surface area contributed by atoms with Crippen molar-refractivity contribution in [1.29, 1.82) is 0 Å². The lowest BCUT2D eigenvalue weighted by Gasteiger charge is -2.07. The molecule has 0 bridgehead atoms. The van der Waals surface area contributed by atoms with Gasteiger partial charge in [-0.1, -0.05) is 24.3 Å². The van der Waals surface area contributed by atoms with E-state index in [2.05, 4.69) is 39.9 Å². The van der Waals surface area contributed by atoms with Crippen LogP contribution in [0.3, 0.4) is 0 Å². The number of hydrogen-bond acceptors (Lipinski definition) is 4. The van der Waals surface area contributed by atoms with E-state index in [1.54, 1.807) is 19.2 Å². The summed E-state index contributed by atoms with van der Waals surface area (Å²) in [5.74, 6) is 0.440. The van der Waals surface area contributed by atoms with Gasteiger partial charge in [-0.15, -0.1) is 10.2 Å². The van der Waals surface area contributed by atoms with Crippen LogP contribution >= 0.6 is 0 Å². The third kappa shape index (κ3) is 3.54. The minimum Gasteiger partial charge on any atom is -0.372 e. The topological polar surface area (TPSA) is 66.9 Å². The molecule has 104 valence electrons. The molecule has 5 heteroatoms. The van der Waals surface area contributed by atoms with Crippen molar-refractivity contribution in [3.8, 4) is 0 Å². The van der Waals surface area contributed by atoms with Crippen molar-refractivity contribution in [2.75, 3.05) is 18.9 Å². The van der Waals surface area contributed by atoms with E-state index in [1.165, 1.54) is 11.1 Å². The van der Waals surface area contributed by atoms with Crippen LogP contribution in [0.4, 0.5) is 5.82 Å². The first kappa shape index (κ1) is 14.0.